The van der Waals surface area contributed by atoms with E-state index in [0.717, 1.165) is 5.69 Å². The molecule has 3 heterocycles. The molecule has 2 fully saturated rings. The predicted molar refractivity (Wildman–Crippen MR) is 108 cm³/mol. The van der Waals surface area contributed by atoms with Crippen LogP contribution in [0.5, 0.6) is 11.5 Å². The zero-order chi connectivity index (χ0) is 23.5. The molecule has 0 unspecified atom stereocenters. The number of halogens is 3. The van der Waals surface area contributed by atoms with Gasteiger partial charge in [0.2, 0.25) is 0 Å². The topological polar surface area (TPSA) is 79.4 Å². The number of hydrogen-bond acceptors (Lipinski definition) is 7. The molecule has 0 bridgehead atoms. The molecule has 2 aliphatic rings. The molecule has 33 heavy (non-hydrogen) atoms. The van der Waals surface area contributed by atoms with Crippen molar-refractivity contribution < 1.29 is 41.7 Å². The number of pyridine rings is 1. The van der Waals surface area contributed by atoms with E-state index in [4.69, 9.17) is 18.9 Å². The number of benzene rings is 1. The minimum absolute atomic E-state index is 0.126. The highest BCUT2D eigenvalue weighted by atomic mass is 19.4. The van der Waals surface area contributed by atoms with Gasteiger partial charge in [0.25, 0.3) is 5.91 Å². The number of amides is 1. The van der Waals surface area contributed by atoms with Crippen LogP contribution in [0, 0.1) is 0 Å². The SMILES string of the molecule is COc1cc(C(=O)N2CC[C@]3(c4ccccn4)OCO[C@H]3C2)ccc1OCCOC(F)(F)F. The standard InChI is InChI=1S/C22H23F3N2O6/c1-29-17-12-15(5-6-16(17)30-10-11-32-22(23,24)25)20(28)27-9-7-21(18-4-2-3-8-26-18)19(13-27)31-14-33-21/h2-6,8,12,19H,7,9-11,13-14H2,1H3/t19-,21+/m0/s1. The van der Waals surface area contributed by atoms with Crippen LogP contribution in [-0.2, 0) is 19.8 Å². The fourth-order valence-corrected chi connectivity index (χ4v) is 4.05. The van der Waals surface area contributed by atoms with Gasteiger partial charge < -0.3 is 23.8 Å². The van der Waals surface area contributed by atoms with Gasteiger partial charge in [0.15, 0.2) is 11.5 Å². The molecule has 8 nitrogen and oxygen atoms in total. The Bertz CT molecular complexity index is 974. The van der Waals surface area contributed by atoms with E-state index in [1.165, 1.54) is 25.3 Å². The lowest BCUT2D eigenvalue weighted by Crippen LogP contribution is -2.53. The number of rotatable bonds is 7. The Labute approximate surface area is 188 Å². The van der Waals surface area contributed by atoms with Crippen LogP contribution in [0.1, 0.15) is 22.5 Å². The number of methoxy groups -OCH3 is 1. The van der Waals surface area contributed by atoms with Gasteiger partial charge in [0.1, 0.15) is 25.1 Å². The van der Waals surface area contributed by atoms with Crippen LogP contribution in [0.3, 0.4) is 0 Å². The van der Waals surface area contributed by atoms with Crippen LogP contribution < -0.4 is 9.47 Å². The van der Waals surface area contributed by atoms with Crippen LogP contribution in [0.4, 0.5) is 13.2 Å². The number of ether oxygens (including phenoxy) is 5. The number of fused-ring (bicyclic) bond motifs is 1. The summed E-state index contributed by atoms with van der Waals surface area (Å²) in [6, 6.07) is 10.1. The molecule has 178 valence electrons. The molecule has 0 saturated carbocycles. The Morgan fingerprint density at radius 3 is 2.82 bits per heavy atom. The summed E-state index contributed by atoms with van der Waals surface area (Å²) >= 11 is 0. The number of nitrogens with zero attached hydrogens (tertiary/aromatic N) is 2. The smallest absolute Gasteiger partial charge is 0.493 e. The summed E-state index contributed by atoms with van der Waals surface area (Å²) in [6.07, 6.45) is -2.85. The van der Waals surface area contributed by atoms with E-state index < -0.39 is 18.6 Å². The number of alkyl halides is 3. The molecule has 1 aromatic carbocycles. The van der Waals surface area contributed by atoms with Gasteiger partial charge in [0, 0.05) is 24.7 Å². The lowest BCUT2D eigenvalue weighted by Gasteiger charge is -2.41. The van der Waals surface area contributed by atoms with E-state index in [2.05, 4.69) is 9.72 Å². The van der Waals surface area contributed by atoms with Crippen molar-refractivity contribution in [2.24, 2.45) is 0 Å². The average molecular weight is 468 g/mol. The summed E-state index contributed by atoms with van der Waals surface area (Å²) in [5.41, 5.74) is 0.443. The van der Waals surface area contributed by atoms with Crippen LogP contribution in [0.25, 0.3) is 0 Å². The molecular weight excluding hydrogens is 445 g/mol. The van der Waals surface area contributed by atoms with Crippen molar-refractivity contribution in [3.8, 4) is 11.5 Å². The van der Waals surface area contributed by atoms with Gasteiger partial charge in [-0.3, -0.25) is 14.5 Å². The number of hydrogen-bond donors (Lipinski definition) is 0. The minimum atomic E-state index is -4.72. The van der Waals surface area contributed by atoms with E-state index in [0.29, 0.717) is 25.1 Å². The second-order valence-electron chi connectivity index (χ2n) is 7.53. The number of carbonyl (C=O) groups excluding carboxylic acids is 1. The summed E-state index contributed by atoms with van der Waals surface area (Å²) in [5.74, 6) is 0.207. The third-order valence-corrected chi connectivity index (χ3v) is 5.65. The van der Waals surface area contributed by atoms with E-state index in [9.17, 15) is 18.0 Å². The summed E-state index contributed by atoms with van der Waals surface area (Å²) in [7, 11) is 1.38. The van der Waals surface area contributed by atoms with Crippen molar-refractivity contribution in [3.63, 3.8) is 0 Å². The zero-order valence-electron chi connectivity index (χ0n) is 17.8. The number of aromatic nitrogens is 1. The quantitative estimate of drug-likeness (QED) is 0.578. The van der Waals surface area contributed by atoms with E-state index in [1.54, 1.807) is 11.1 Å². The normalized spacial score (nSPS) is 22.7. The average Bonchev–Trinajstić information content (AvgIpc) is 3.26. The molecule has 2 atom stereocenters. The molecule has 1 amide bonds. The molecule has 1 aromatic heterocycles. The molecule has 2 saturated heterocycles. The largest absolute Gasteiger partial charge is 0.522 e. The second-order valence-corrected chi connectivity index (χ2v) is 7.53. The second kappa shape index (κ2) is 9.54. The van der Waals surface area contributed by atoms with Gasteiger partial charge >= 0.3 is 6.36 Å². The first-order valence-corrected chi connectivity index (χ1v) is 10.3. The van der Waals surface area contributed by atoms with Gasteiger partial charge in [-0.05, 0) is 30.3 Å². The number of piperidine rings is 1. The Morgan fingerprint density at radius 2 is 2.09 bits per heavy atom. The molecule has 11 heteroatoms. The molecule has 0 N–H and O–H groups in total. The summed E-state index contributed by atoms with van der Waals surface area (Å²) in [4.78, 5) is 19.3. The van der Waals surface area contributed by atoms with Crippen molar-refractivity contribution >= 4 is 5.91 Å². The Kier molecular flexibility index (Phi) is 6.73. The first-order valence-electron chi connectivity index (χ1n) is 10.3. The zero-order valence-corrected chi connectivity index (χ0v) is 17.8. The van der Waals surface area contributed by atoms with Gasteiger partial charge in [-0.1, -0.05) is 6.07 Å². The molecule has 4 rings (SSSR count). The van der Waals surface area contributed by atoms with E-state index in [1.807, 2.05) is 18.2 Å². The van der Waals surface area contributed by atoms with Crippen LogP contribution >= 0.6 is 0 Å². The maximum Gasteiger partial charge on any atom is 0.522 e. The van der Waals surface area contributed by atoms with Gasteiger partial charge in [-0.2, -0.15) is 0 Å². The third kappa shape index (κ3) is 5.05. The molecule has 0 radical (unpaired) electrons. The van der Waals surface area contributed by atoms with Crippen LogP contribution in [-0.4, -0.2) is 68.5 Å². The number of carbonyl (C=O) groups is 1. The fourth-order valence-electron chi connectivity index (χ4n) is 4.05. The van der Waals surface area contributed by atoms with Crippen molar-refractivity contribution in [3.05, 3.63) is 53.9 Å². The number of likely N-dealkylation sites (tertiary alicyclic amines) is 1. The van der Waals surface area contributed by atoms with Gasteiger partial charge in [0.05, 0.1) is 26.0 Å². The third-order valence-electron chi connectivity index (χ3n) is 5.65. The Hall–Kier alpha value is -2.89. The maximum atomic E-state index is 13.2. The van der Waals surface area contributed by atoms with E-state index in [-0.39, 0.29) is 36.9 Å². The summed E-state index contributed by atoms with van der Waals surface area (Å²) in [6.45, 7) is -0.108. The van der Waals surface area contributed by atoms with Crippen LogP contribution in [0.15, 0.2) is 42.6 Å². The highest BCUT2D eigenvalue weighted by Gasteiger charge is 2.52. The van der Waals surface area contributed by atoms with Crippen molar-refractivity contribution in [2.45, 2.75) is 24.5 Å². The van der Waals surface area contributed by atoms with Crippen LogP contribution in [0.2, 0.25) is 0 Å². The molecular formula is C22H23F3N2O6. The lowest BCUT2D eigenvalue weighted by molar-refractivity contribution is -0.325. The molecule has 2 aromatic rings. The maximum absolute atomic E-state index is 13.2. The minimum Gasteiger partial charge on any atom is -0.493 e. The van der Waals surface area contributed by atoms with Crippen molar-refractivity contribution in [1.82, 2.24) is 9.88 Å². The lowest BCUT2D eigenvalue weighted by atomic mass is 9.85. The highest BCUT2D eigenvalue weighted by molar-refractivity contribution is 5.95. The fraction of sp³-hybridized carbons (Fsp3) is 0.455. The summed E-state index contributed by atoms with van der Waals surface area (Å²) in [5, 5.41) is 0. The summed E-state index contributed by atoms with van der Waals surface area (Å²) < 4.78 is 62.2. The van der Waals surface area contributed by atoms with Gasteiger partial charge in [-0.25, -0.2) is 0 Å². The monoisotopic (exact) mass is 468 g/mol. The highest BCUT2D eigenvalue weighted by Crippen LogP contribution is 2.42. The molecule has 0 aliphatic carbocycles. The first-order chi connectivity index (χ1) is 15.8. The Morgan fingerprint density at radius 1 is 1.24 bits per heavy atom. The van der Waals surface area contributed by atoms with Crippen molar-refractivity contribution in [1.29, 1.82) is 0 Å². The predicted octanol–water partition coefficient (Wildman–Crippen LogP) is 3.12. The Balaban J connectivity index is 1.42. The molecule has 0 spiro atoms. The van der Waals surface area contributed by atoms with E-state index >= 15 is 0 Å². The van der Waals surface area contributed by atoms with Gasteiger partial charge in [-0.15, -0.1) is 13.2 Å². The molecule has 2 aliphatic heterocycles. The van der Waals surface area contributed by atoms with Crippen molar-refractivity contribution in [2.75, 3.05) is 40.2 Å². The first kappa shape index (κ1) is 23.3.